The Morgan fingerprint density at radius 1 is 1.35 bits per heavy atom. The topological polar surface area (TPSA) is 95.6 Å². The van der Waals surface area contributed by atoms with Gasteiger partial charge >= 0.3 is 12.3 Å². The van der Waals surface area contributed by atoms with Gasteiger partial charge in [0.2, 0.25) is 5.89 Å². The molecule has 168 valence electrons. The molecule has 2 aromatic rings. The van der Waals surface area contributed by atoms with Gasteiger partial charge in [-0.05, 0) is 42.7 Å². The maximum Gasteiger partial charge on any atom is 0.416 e. The molecule has 8 nitrogen and oxygen atoms in total. The largest absolute Gasteiger partial charge is 0.465 e. The molecule has 1 spiro atoms. The molecule has 3 heterocycles. The Morgan fingerprint density at radius 3 is 2.68 bits per heavy atom. The predicted molar refractivity (Wildman–Crippen MR) is 103 cm³/mol. The number of rotatable bonds is 5. The fourth-order valence-electron chi connectivity index (χ4n) is 5.25. The first-order valence-corrected chi connectivity index (χ1v) is 10.3. The standard InChI is InChI=1S/C20H24F3N5O3/c1-2-14-15(28(18(29)30)11-17-25-12-26-31-17)10-19(14)4-7-27(8-5-19)16-9-13(3-6-24-16)20(21,22)23/h3,6,9,12,14-15H,2,4-5,7-8,10-11H2,1H3,(H,29,30). The van der Waals surface area contributed by atoms with Crippen LogP contribution >= 0.6 is 0 Å². The minimum Gasteiger partial charge on any atom is -0.465 e. The average Bonchev–Trinajstić information content (AvgIpc) is 3.24. The Labute approximate surface area is 177 Å². The molecular formula is C20H24F3N5O3. The highest BCUT2D eigenvalue weighted by molar-refractivity contribution is 5.65. The number of hydrogen-bond donors (Lipinski definition) is 1. The van der Waals surface area contributed by atoms with Crippen LogP contribution in [0.2, 0.25) is 0 Å². The van der Waals surface area contributed by atoms with Gasteiger partial charge in [-0.15, -0.1) is 0 Å². The summed E-state index contributed by atoms with van der Waals surface area (Å²) in [5.41, 5.74) is -0.717. The molecule has 4 rings (SSSR count). The number of carboxylic acid groups (broad SMARTS) is 1. The van der Waals surface area contributed by atoms with Gasteiger partial charge in [0, 0.05) is 25.3 Å². The quantitative estimate of drug-likeness (QED) is 0.751. The van der Waals surface area contributed by atoms with E-state index in [9.17, 15) is 23.1 Å². The van der Waals surface area contributed by atoms with Crippen molar-refractivity contribution in [1.29, 1.82) is 0 Å². The van der Waals surface area contributed by atoms with E-state index in [0.717, 1.165) is 37.8 Å². The van der Waals surface area contributed by atoms with E-state index in [1.165, 1.54) is 17.4 Å². The number of aromatic nitrogens is 3. The molecule has 2 aromatic heterocycles. The summed E-state index contributed by atoms with van der Waals surface area (Å²) in [4.78, 5) is 23.2. The molecule has 1 saturated heterocycles. The number of pyridine rings is 1. The van der Waals surface area contributed by atoms with E-state index in [-0.39, 0.29) is 29.8 Å². The van der Waals surface area contributed by atoms with Gasteiger partial charge in [-0.1, -0.05) is 18.5 Å². The van der Waals surface area contributed by atoms with Crippen molar-refractivity contribution >= 4 is 11.9 Å². The molecule has 0 bridgehead atoms. The molecule has 0 aromatic carbocycles. The Morgan fingerprint density at radius 2 is 2.10 bits per heavy atom. The fraction of sp³-hybridized carbons (Fsp3) is 0.600. The molecule has 2 aliphatic rings. The molecule has 1 amide bonds. The van der Waals surface area contributed by atoms with Crippen LogP contribution in [0.1, 0.15) is 44.1 Å². The van der Waals surface area contributed by atoms with Gasteiger partial charge in [-0.25, -0.2) is 9.78 Å². The number of hydrogen-bond acceptors (Lipinski definition) is 6. The van der Waals surface area contributed by atoms with Crippen LogP contribution in [0, 0.1) is 11.3 Å². The third-order valence-corrected chi connectivity index (χ3v) is 6.82. The van der Waals surface area contributed by atoms with E-state index < -0.39 is 17.8 Å². The lowest BCUT2D eigenvalue weighted by Gasteiger charge is -2.60. The lowest BCUT2D eigenvalue weighted by molar-refractivity contribution is -0.137. The van der Waals surface area contributed by atoms with Crippen LogP contribution in [-0.2, 0) is 12.7 Å². The third kappa shape index (κ3) is 4.05. The van der Waals surface area contributed by atoms with Crippen molar-refractivity contribution in [3.05, 3.63) is 36.1 Å². The predicted octanol–water partition coefficient (Wildman–Crippen LogP) is 4.05. The van der Waals surface area contributed by atoms with Gasteiger partial charge in [-0.3, -0.25) is 4.90 Å². The van der Waals surface area contributed by atoms with E-state index in [1.807, 2.05) is 11.8 Å². The van der Waals surface area contributed by atoms with Crippen molar-refractivity contribution in [1.82, 2.24) is 20.0 Å². The van der Waals surface area contributed by atoms with Crippen molar-refractivity contribution < 1.29 is 27.6 Å². The van der Waals surface area contributed by atoms with Crippen LogP contribution in [0.25, 0.3) is 0 Å². The highest BCUT2D eigenvalue weighted by Gasteiger charge is 2.56. The summed E-state index contributed by atoms with van der Waals surface area (Å²) in [7, 11) is 0. The first-order chi connectivity index (χ1) is 14.7. The molecule has 11 heteroatoms. The van der Waals surface area contributed by atoms with Crippen LogP contribution in [0.15, 0.2) is 29.2 Å². The van der Waals surface area contributed by atoms with Gasteiger partial charge in [0.15, 0.2) is 6.33 Å². The minimum atomic E-state index is -4.40. The van der Waals surface area contributed by atoms with Crippen molar-refractivity contribution in [2.24, 2.45) is 11.3 Å². The number of anilines is 1. The maximum atomic E-state index is 13.0. The van der Waals surface area contributed by atoms with Gasteiger partial charge < -0.3 is 14.5 Å². The summed E-state index contributed by atoms with van der Waals surface area (Å²) in [5, 5.41) is 13.2. The van der Waals surface area contributed by atoms with E-state index in [0.29, 0.717) is 18.9 Å². The smallest absolute Gasteiger partial charge is 0.416 e. The summed E-state index contributed by atoms with van der Waals surface area (Å²) in [5.74, 6) is 0.754. The normalized spacial score (nSPS) is 22.9. The summed E-state index contributed by atoms with van der Waals surface area (Å²) in [6.45, 7) is 3.28. The van der Waals surface area contributed by atoms with E-state index in [1.54, 1.807) is 0 Å². The maximum absolute atomic E-state index is 13.0. The van der Waals surface area contributed by atoms with Crippen molar-refractivity contribution in [3.8, 4) is 0 Å². The van der Waals surface area contributed by atoms with Crippen molar-refractivity contribution in [3.63, 3.8) is 0 Å². The van der Waals surface area contributed by atoms with E-state index in [4.69, 9.17) is 4.52 Å². The molecule has 31 heavy (non-hydrogen) atoms. The van der Waals surface area contributed by atoms with Crippen LogP contribution in [0.4, 0.5) is 23.8 Å². The summed E-state index contributed by atoms with van der Waals surface area (Å²) >= 11 is 0. The second-order valence-electron chi connectivity index (χ2n) is 8.28. The number of halogens is 3. The number of carbonyl (C=O) groups is 1. The molecule has 1 aliphatic heterocycles. The van der Waals surface area contributed by atoms with Gasteiger partial charge in [0.25, 0.3) is 0 Å². The molecule has 1 aliphatic carbocycles. The summed E-state index contributed by atoms with van der Waals surface area (Å²) in [6.07, 6.45) is 0.118. The monoisotopic (exact) mass is 439 g/mol. The Balaban J connectivity index is 1.43. The zero-order valence-electron chi connectivity index (χ0n) is 17.0. The molecular weight excluding hydrogens is 415 g/mol. The average molecular weight is 439 g/mol. The lowest BCUT2D eigenvalue weighted by Crippen LogP contribution is -2.62. The van der Waals surface area contributed by atoms with Crippen LogP contribution in [0.5, 0.6) is 0 Å². The van der Waals surface area contributed by atoms with Gasteiger partial charge in [-0.2, -0.15) is 18.2 Å². The van der Waals surface area contributed by atoms with E-state index >= 15 is 0 Å². The fourth-order valence-corrected chi connectivity index (χ4v) is 5.25. The van der Waals surface area contributed by atoms with Crippen molar-refractivity contribution in [2.75, 3.05) is 18.0 Å². The van der Waals surface area contributed by atoms with Crippen molar-refractivity contribution in [2.45, 2.75) is 51.4 Å². The molecule has 2 fully saturated rings. The lowest BCUT2D eigenvalue weighted by atomic mass is 9.51. The number of alkyl halides is 3. The Kier molecular flexibility index (Phi) is 5.52. The summed E-state index contributed by atoms with van der Waals surface area (Å²) < 4.78 is 44.0. The van der Waals surface area contributed by atoms with Gasteiger partial charge in [0.05, 0.1) is 5.56 Å². The summed E-state index contributed by atoms with van der Waals surface area (Å²) in [6, 6.07) is 1.92. The second kappa shape index (κ2) is 8.01. The Hall–Kier alpha value is -2.85. The molecule has 2 unspecified atom stereocenters. The number of nitrogens with zero attached hydrogens (tertiary/aromatic N) is 5. The number of amides is 1. The minimum absolute atomic E-state index is 0.0138. The molecule has 2 atom stereocenters. The zero-order chi connectivity index (χ0) is 22.2. The Bertz CT molecular complexity index is 913. The third-order valence-electron chi connectivity index (χ3n) is 6.82. The first-order valence-electron chi connectivity index (χ1n) is 10.3. The highest BCUT2D eigenvalue weighted by atomic mass is 19.4. The van der Waals surface area contributed by atoms with Crippen LogP contribution in [0.3, 0.4) is 0 Å². The van der Waals surface area contributed by atoms with E-state index in [2.05, 4.69) is 15.1 Å². The zero-order valence-corrected chi connectivity index (χ0v) is 17.0. The first kappa shape index (κ1) is 21.4. The van der Waals surface area contributed by atoms with Gasteiger partial charge in [0.1, 0.15) is 12.4 Å². The molecule has 1 saturated carbocycles. The SMILES string of the molecule is CCC1C(N(Cc2ncno2)C(=O)O)CC12CCN(c1cc(C(F)(F)F)ccn1)CC2. The van der Waals surface area contributed by atoms with Crippen LogP contribution in [-0.4, -0.2) is 50.4 Å². The van der Waals surface area contributed by atoms with Crippen LogP contribution < -0.4 is 4.90 Å². The molecule has 1 N–H and O–H groups in total. The molecule has 0 radical (unpaired) electrons. The second-order valence-corrected chi connectivity index (χ2v) is 8.28. The number of piperidine rings is 1. The highest BCUT2D eigenvalue weighted by Crippen LogP contribution is 2.57.